The zero-order valence-corrected chi connectivity index (χ0v) is 16.5. The van der Waals surface area contributed by atoms with E-state index in [0.29, 0.717) is 13.0 Å². The van der Waals surface area contributed by atoms with E-state index in [1.54, 1.807) is 7.11 Å². The Balaban J connectivity index is 1.76. The van der Waals surface area contributed by atoms with E-state index in [0.717, 1.165) is 16.7 Å². The Kier molecular flexibility index (Phi) is 6.07. The number of methoxy groups -OCH3 is 1. The van der Waals surface area contributed by atoms with E-state index in [4.69, 9.17) is 14.2 Å². The van der Waals surface area contributed by atoms with Crippen molar-refractivity contribution in [3.8, 4) is 0 Å². The van der Waals surface area contributed by atoms with Gasteiger partial charge >= 0.3 is 0 Å². The van der Waals surface area contributed by atoms with E-state index in [-0.39, 0.29) is 6.10 Å². The fourth-order valence-electron chi connectivity index (χ4n) is 4.02. The Morgan fingerprint density at radius 2 is 1.28 bits per heavy atom. The van der Waals surface area contributed by atoms with Crippen LogP contribution in [0.2, 0.25) is 0 Å². The molecule has 0 unspecified atom stereocenters. The minimum atomic E-state index is -0.788. The smallest absolute Gasteiger partial charge is 0.183 e. The lowest BCUT2D eigenvalue weighted by Gasteiger charge is -2.36. The van der Waals surface area contributed by atoms with E-state index in [9.17, 15) is 5.11 Å². The molecule has 3 aromatic carbocycles. The van der Waals surface area contributed by atoms with Crippen molar-refractivity contribution in [2.24, 2.45) is 0 Å². The van der Waals surface area contributed by atoms with Crippen molar-refractivity contribution < 1.29 is 19.3 Å². The molecule has 1 heterocycles. The molecule has 1 fully saturated rings. The first-order valence-electron chi connectivity index (χ1n) is 9.91. The van der Waals surface area contributed by atoms with Gasteiger partial charge in [-0.05, 0) is 16.7 Å². The predicted octanol–water partition coefficient (Wildman–Crippen LogP) is 4.12. The Labute approximate surface area is 171 Å². The lowest BCUT2D eigenvalue weighted by atomic mass is 9.80. The van der Waals surface area contributed by atoms with Crippen LogP contribution < -0.4 is 0 Å². The first-order chi connectivity index (χ1) is 14.2. The number of ether oxygens (including phenoxy) is 3. The molecule has 1 N–H and O–H groups in total. The minimum Gasteiger partial charge on any atom is -0.388 e. The van der Waals surface area contributed by atoms with Crippen LogP contribution >= 0.6 is 0 Å². The highest BCUT2D eigenvalue weighted by atomic mass is 16.7. The zero-order valence-electron chi connectivity index (χ0n) is 16.5. The number of rotatable bonds is 7. The third-order valence-electron chi connectivity index (χ3n) is 5.40. The van der Waals surface area contributed by atoms with E-state index in [2.05, 4.69) is 36.4 Å². The number of aliphatic hydroxyl groups excluding tert-OH is 1. The average Bonchev–Trinajstić information content (AvgIpc) is 3.16. The maximum Gasteiger partial charge on any atom is 0.183 e. The summed E-state index contributed by atoms with van der Waals surface area (Å²) in [4.78, 5) is 0. The molecule has 0 saturated carbocycles. The van der Waals surface area contributed by atoms with Crippen LogP contribution in [0.25, 0.3) is 0 Å². The first kappa shape index (κ1) is 19.8. The topological polar surface area (TPSA) is 47.9 Å². The van der Waals surface area contributed by atoms with Crippen LogP contribution in [0.1, 0.15) is 23.1 Å². The summed E-state index contributed by atoms with van der Waals surface area (Å²) in [5.74, 6) is 0. The zero-order chi connectivity index (χ0) is 20.1. The number of hydrogen-bond donors (Lipinski definition) is 1. The summed E-state index contributed by atoms with van der Waals surface area (Å²) in [7, 11) is 1.54. The average molecular weight is 390 g/mol. The third kappa shape index (κ3) is 3.98. The maximum atomic E-state index is 10.1. The molecule has 0 amide bonds. The van der Waals surface area contributed by atoms with Crippen molar-refractivity contribution in [3.05, 3.63) is 108 Å². The molecular weight excluding hydrogens is 364 g/mol. The van der Waals surface area contributed by atoms with Crippen LogP contribution in [0.15, 0.2) is 91.0 Å². The first-order valence-corrected chi connectivity index (χ1v) is 9.91. The van der Waals surface area contributed by atoms with Gasteiger partial charge < -0.3 is 19.3 Å². The van der Waals surface area contributed by atoms with Gasteiger partial charge in [0.25, 0.3) is 0 Å². The standard InChI is InChI=1S/C25H26O4/c1-27-24-23(26)17-22(29-24)18-28-25(19-11-5-2-6-12-19,20-13-7-3-8-14-20)21-15-9-4-10-16-21/h2-16,22-24,26H,17-18H2,1H3/t22-,23-,24-/m1/s1. The van der Waals surface area contributed by atoms with Crippen molar-refractivity contribution in [2.75, 3.05) is 13.7 Å². The molecule has 4 rings (SSSR count). The van der Waals surface area contributed by atoms with Gasteiger partial charge in [-0.3, -0.25) is 0 Å². The van der Waals surface area contributed by atoms with Crippen molar-refractivity contribution in [1.82, 2.24) is 0 Å². The van der Waals surface area contributed by atoms with Crippen LogP contribution in [0.3, 0.4) is 0 Å². The summed E-state index contributed by atoms with van der Waals surface area (Å²) in [5, 5.41) is 10.1. The number of hydrogen-bond acceptors (Lipinski definition) is 4. The molecule has 3 aromatic rings. The molecule has 4 heteroatoms. The summed E-state index contributed by atoms with van der Waals surface area (Å²) in [6, 6.07) is 30.7. The molecule has 0 radical (unpaired) electrons. The third-order valence-corrected chi connectivity index (χ3v) is 5.40. The van der Waals surface area contributed by atoms with Gasteiger partial charge in [0.05, 0.1) is 12.7 Å². The van der Waals surface area contributed by atoms with E-state index < -0.39 is 18.0 Å². The van der Waals surface area contributed by atoms with Gasteiger partial charge in [-0.2, -0.15) is 0 Å². The van der Waals surface area contributed by atoms with Gasteiger partial charge in [0.15, 0.2) is 6.29 Å². The number of benzene rings is 3. The molecule has 1 aliphatic rings. The predicted molar refractivity (Wildman–Crippen MR) is 111 cm³/mol. The molecular formula is C25H26O4. The molecule has 0 spiro atoms. The lowest BCUT2D eigenvalue weighted by Crippen LogP contribution is -2.35. The highest BCUT2D eigenvalue weighted by Gasteiger charge is 2.40. The summed E-state index contributed by atoms with van der Waals surface area (Å²) >= 11 is 0. The molecule has 0 bridgehead atoms. The van der Waals surface area contributed by atoms with Crippen molar-refractivity contribution >= 4 is 0 Å². The maximum absolute atomic E-state index is 10.1. The van der Waals surface area contributed by atoms with Crippen molar-refractivity contribution in [1.29, 1.82) is 0 Å². The molecule has 4 nitrogen and oxygen atoms in total. The van der Waals surface area contributed by atoms with E-state index >= 15 is 0 Å². The second-order valence-electron chi connectivity index (χ2n) is 7.26. The SMILES string of the molecule is CO[C@@H]1O[C@@H](COC(c2ccccc2)(c2ccccc2)c2ccccc2)C[C@H]1O. The summed E-state index contributed by atoms with van der Waals surface area (Å²) < 4.78 is 17.8. The molecule has 1 saturated heterocycles. The van der Waals surface area contributed by atoms with Crippen molar-refractivity contribution in [2.45, 2.75) is 30.5 Å². The highest BCUT2D eigenvalue weighted by molar-refractivity contribution is 5.47. The van der Waals surface area contributed by atoms with Gasteiger partial charge in [0.1, 0.15) is 11.7 Å². The largest absolute Gasteiger partial charge is 0.388 e. The second-order valence-corrected chi connectivity index (χ2v) is 7.26. The molecule has 3 atom stereocenters. The molecule has 0 aliphatic carbocycles. The summed E-state index contributed by atoms with van der Waals surface area (Å²) in [6.07, 6.45) is -1.02. The van der Waals surface area contributed by atoms with Crippen LogP contribution in [0, 0.1) is 0 Å². The summed E-state index contributed by atoms with van der Waals surface area (Å²) in [5.41, 5.74) is 2.33. The molecule has 0 aromatic heterocycles. The normalized spacial score (nSPS) is 21.9. The Hall–Kier alpha value is -2.50. The van der Waals surface area contributed by atoms with Gasteiger partial charge in [-0.1, -0.05) is 91.0 Å². The monoisotopic (exact) mass is 390 g/mol. The van der Waals surface area contributed by atoms with Gasteiger partial charge in [-0.25, -0.2) is 0 Å². The van der Waals surface area contributed by atoms with Gasteiger partial charge in [-0.15, -0.1) is 0 Å². The highest BCUT2D eigenvalue weighted by Crippen LogP contribution is 2.41. The Morgan fingerprint density at radius 3 is 1.66 bits per heavy atom. The van der Waals surface area contributed by atoms with Crippen molar-refractivity contribution in [3.63, 3.8) is 0 Å². The van der Waals surface area contributed by atoms with Crippen LogP contribution in [-0.4, -0.2) is 37.3 Å². The number of aliphatic hydroxyl groups is 1. The van der Waals surface area contributed by atoms with Gasteiger partial charge in [0.2, 0.25) is 0 Å². The molecule has 150 valence electrons. The Bertz CT molecular complexity index is 786. The second kappa shape index (κ2) is 8.89. The summed E-state index contributed by atoms with van der Waals surface area (Å²) in [6.45, 7) is 0.329. The quantitative estimate of drug-likeness (QED) is 0.617. The minimum absolute atomic E-state index is 0.245. The van der Waals surface area contributed by atoms with E-state index in [1.165, 1.54) is 0 Å². The van der Waals surface area contributed by atoms with Crippen LogP contribution in [0.4, 0.5) is 0 Å². The Morgan fingerprint density at radius 1 is 0.828 bits per heavy atom. The molecule has 1 aliphatic heterocycles. The lowest BCUT2D eigenvalue weighted by molar-refractivity contribution is -0.162. The van der Waals surface area contributed by atoms with Crippen LogP contribution in [0.5, 0.6) is 0 Å². The fourth-order valence-corrected chi connectivity index (χ4v) is 4.02. The molecule has 29 heavy (non-hydrogen) atoms. The van der Waals surface area contributed by atoms with Gasteiger partial charge in [0, 0.05) is 13.5 Å². The van der Waals surface area contributed by atoms with Crippen LogP contribution in [-0.2, 0) is 19.8 Å². The van der Waals surface area contributed by atoms with E-state index in [1.807, 2.05) is 54.6 Å². The fraction of sp³-hybridized carbons (Fsp3) is 0.280.